The summed E-state index contributed by atoms with van der Waals surface area (Å²) in [5, 5.41) is 7.87. The molecule has 3 aliphatic rings. The molecule has 1 N–H and O–H groups in total. The molecule has 3 aliphatic heterocycles. The van der Waals surface area contributed by atoms with Crippen molar-refractivity contribution in [1.29, 1.82) is 0 Å². The minimum Gasteiger partial charge on any atom is -0.441 e. The summed E-state index contributed by atoms with van der Waals surface area (Å²) in [6, 6.07) is 5.76. The Bertz CT molecular complexity index is 1170. The SMILES string of the molecule is Cn1nncc1C1=NCC(c2ccc3c(c2)CC2C(COP(C)(=O)O)OC(=O)N32)=CC1. The number of hydrogen-bond acceptors (Lipinski definition) is 7. The maximum Gasteiger partial charge on any atom is 0.415 e. The highest BCUT2D eigenvalue weighted by Crippen LogP contribution is 2.42. The number of dihydropyridines is 1. The molecule has 1 aromatic heterocycles. The van der Waals surface area contributed by atoms with Crippen LogP contribution in [0.3, 0.4) is 0 Å². The number of carbonyl (C=O) groups is 1. The van der Waals surface area contributed by atoms with E-state index < -0.39 is 19.8 Å². The first-order valence-corrected chi connectivity index (χ1v) is 12.0. The zero-order valence-corrected chi connectivity index (χ0v) is 18.0. The fourth-order valence-electron chi connectivity index (χ4n) is 4.31. The van der Waals surface area contributed by atoms with E-state index in [-0.39, 0.29) is 12.6 Å². The number of allylic oxidation sites excluding steroid dienone is 1. The van der Waals surface area contributed by atoms with Crippen molar-refractivity contribution in [2.24, 2.45) is 12.0 Å². The number of aryl methyl sites for hydroxylation is 1. The standard InChI is InChI=1S/C20H22N5O5P/c1-24-18(10-22-23-24)15-5-3-13(9-21-15)12-4-6-16-14(7-12)8-17-19(11-29-31(2,27)28)30-20(26)25(16)17/h3-4,6-7,10,17,19H,5,8-9,11H2,1-2H3,(H,27,28). The number of benzene rings is 1. The van der Waals surface area contributed by atoms with Gasteiger partial charge in [-0.25, -0.2) is 9.48 Å². The predicted octanol–water partition coefficient (Wildman–Crippen LogP) is 2.17. The van der Waals surface area contributed by atoms with Gasteiger partial charge in [-0.1, -0.05) is 17.4 Å². The van der Waals surface area contributed by atoms with Crippen molar-refractivity contribution in [3.63, 3.8) is 0 Å². The topological polar surface area (TPSA) is 119 Å². The monoisotopic (exact) mass is 443 g/mol. The third kappa shape index (κ3) is 3.71. The molecule has 1 fully saturated rings. The van der Waals surface area contributed by atoms with Crippen LogP contribution in [0.25, 0.3) is 5.57 Å². The van der Waals surface area contributed by atoms with E-state index in [4.69, 9.17) is 14.3 Å². The number of hydrogen-bond donors (Lipinski definition) is 1. The normalized spacial score (nSPS) is 24.2. The van der Waals surface area contributed by atoms with Gasteiger partial charge in [-0.3, -0.25) is 14.5 Å². The Morgan fingerprint density at radius 3 is 2.90 bits per heavy atom. The van der Waals surface area contributed by atoms with Gasteiger partial charge >= 0.3 is 13.7 Å². The van der Waals surface area contributed by atoms with Crippen molar-refractivity contribution < 1.29 is 23.5 Å². The van der Waals surface area contributed by atoms with E-state index in [9.17, 15) is 14.3 Å². The molecule has 4 heterocycles. The van der Waals surface area contributed by atoms with Gasteiger partial charge in [0.1, 0.15) is 11.8 Å². The van der Waals surface area contributed by atoms with E-state index in [0.717, 1.165) is 40.5 Å². The largest absolute Gasteiger partial charge is 0.441 e. The molecule has 1 amide bonds. The zero-order chi connectivity index (χ0) is 21.8. The Morgan fingerprint density at radius 1 is 1.39 bits per heavy atom. The molecule has 11 heteroatoms. The van der Waals surface area contributed by atoms with Crippen LogP contribution in [0, 0.1) is 0 Å². The number of fused-ring (bicyclic) bond motifs is 3. The highest BCUT2D eigenvalue weighted by Gasteiger charge is 2.48. The summed E-state index contributed by atoms with van der Waals surface area (Å²) >= 11 is 0. The van der Waals surface area contributed by atoms with Gasteiger partial charge in [0.15, 0.2) is 0 Å². The van der Waals surface area contributed by atoms with Crippen LogP contribution in [0.15, 0.2) is 35.5 Å². The van der Waals surface area contributed by atoms with Crippen LogP contribution in [0.1, 0.15) is 23.2 Å². The molecule has 0 radical (unpaired) electrons. The van der Waals surface area contributed by atoms with E-state index in [1.165, 1.54) is 0 Å². The molecule has 1 aromatic carbocycles. The molecule has 0 spiro atoms. The minimum atomic E-state index is -3.64. The lowest BCUT2D eigenvalue weighted by atomic mass is 9.97. The van der Waals surface area contributed by atoms with Gasteiger partial charge in [-0.2, -0.15) is 0 Å². The van der Waals surface area contributed by atoms with Crippen LogP contribution in [0.4, 0.5) is 10.5 Å². The van der Waals surface area contributed by atoms with Gasteiger partial charge in [0, 0.05) is 20.1 Å². The number of anilines is 1. The lowest BCUT2D eigenvalue weighted by Gasteiger charge is -2.17. The van der Waals surface area contributed by atoms with Crippen molar-refractivity contribution in [2.45, 2.75) is 25.0 Å². The fraction of sp³-hybridized carbons (Fsp3) is 0.400. The summed E-state index contributed by atoms with van der Waals surface area (Å²) < 4.78 is 23.6. The Balaban J connectivity index is 1.33. The van der Waals surface area contributed by atoms with Crippen LogP contribution < -0.4 is 4.90 Å². The molecule has 0 aliphatic carbocycles. The molecular weight excluding hydrogens is 421 g/mol. The second-order valence-electron chi connectivity index (χ2n) is 7.95. The molecule has 10 nitrogen and oxygen atoms in total. The van der Waals surface area contributed by atoms with Gasteiger partial charge in [-0.05, 0) is 35.3 Å². The molecule has 3 atom stereocenters. The maximum atomic E-state index is 12.4. The lowest BCUT2D eigenvalue weighted by molar-refractivity contribution is 0.0874. The van der Waals surface area contributed by atoms with Gasteiger partial charge in [0.2, 0.25) is 0 Å². The average molecular weight is 443 g/mol. The Kier molecular flexibility index (Phi) is 4.80. The summed E-state index contributed by atoms with van der Waals surface area (Å²) in [7, 11) is -1.79. The average Bonchev–Trinajstić information content (AvgIpc) is 3.40. The van der Waals surface area contributed by atoms with E-state index in [2.05, 4.69) is 22.5 Å². The predicted molar refractivity (Wildman–Crippen MR) is 113 cm³/mol. The third-order valence-electron chi connectivity index (χ3n) is 5.82. The molecule has 162 valence electrons. The molecule has 31 heavy (non-hydrogen) atoms. The Labute approximate surface area is 178 Å². The second kappa shape index (κ2) is 7.40. The smallest absolute Gasteiger partial charge is 0.415 e. The summed E-state index contributed by atoms with van der Waals surface area (Å²) in [4.78, 5) is 28.1. The summed E-state index contributed by atoms with van der Waals surface area (Å²) in [6.45, 7) is 1.57. The van der Waals surface area contributed by atoms with E-state index in [1.807, 2.05) is 19.2 Å². The maximum absolute atomic E-state index is 12.4. The van der Waals surface area contributed by atoms with E-state index in [0.29, 0.717) is 19.4 Å². The molecule has 0 saturated carbocycles. The molecule has 3 unspecified atom stereocenters. The first-order chi connectivity index (χ1) is 14.8. The van der Waals surface area contributed by atoms with Crippen molar-refractivity contribution >= 4 is 30.7 Å². The minimum absolute atomic E-state index is 0.108. The van der Waals surface area contributed by atoms with Crippen LogP contribution >= 0.6 is 7.60 Å². The van der Waals surface area contributed by atoms with Crippen LogP contribution in [0.2, 0.25) is 0 Å². The van der Waals surface area contributed by atoms with Gasteiger partial charge in [0.25, 0.3) is 0 Å². The Morgan fingerprint density at radius 2 is 2.23 bits per heavy atom. The molecule has 1 saturated heterocycles. The number of amides is 1. The highest BCUT2D eigenvalue weighted by atomic mass is 31.2. The van der Waals surface area contributed by atoms with Crippen LogP contribution in [-0.4, -0.2) is 63.7 Å². The summed E-state index contributed by atoms with van der Waals surface area (Å²) in [5.41, 5.74) is 5.92. The quantitative estimate of drug-likeness (QED) is 0.704. The van der Waals surface area contributed by atoms with Crippen molar-refractivity contribution in [1.82, 2.24) is 15.0 Å². The number of rotatable bonds is 5. The fourth-order valence-corrected chi connectivity index (χ4v) is 4.73. The third-order valence-corrected chi connectivity index (χ3v) is 6.45. The molecule has 5 rings (SSSR count). The van der Waals surface area contributed by atoms with Crippen LogP contribution in [-0.2, 0) is 27.3 Å². The van der Waals surface area contributed by atoms with Crippen LogP contribution in [0.5, 0.6) is 0 Å². The number of nitrogens with zero attached hydrogens (tertiary/aromatic N) is 5. The molecular formula is C20H22N5O5P. The van der Waals surface area contributed by atoms with Crippen molar-refractivity contribution in [3.8, 4) is 0 Å². The molecule has 0 bridgehead atoms. The Hall–Kier alpha value is -2.81. The van der Waals surface area contributed by atoms with E-state index in [1.54, 1.807) is 15.8 Å². The first-order valence-electron chi connectivity index (χ1n) is 9.95. The first kappa shape index (κ1) is 20.1. The van der Waals surface area contributed by atoms with E-state index >= 15 is 0 Å². The van der Waals surface area contributed by atoms with Gasteiger partial charge in [0.05, 0.1) is 36.8 Å². The molecule has 2 aromatic rings. The number of aliphatic imine (C=N–C) groups is 1. The second-order valence-corrected chi connectivity index (χ2v) is 9.81. The van der Waals surface area contributed by atoms with Crippen molar-refractivity contribution in [3.05, 3.63) is 47.3 Å². The summed E-state index contributed by atoms with van der Waals surface area (Å²) in [6.07, 6.45) is 4.14. The number of carbonyl (C=O) groups excluding carboxylic acids is 1. The van der Waals surface area contributed by atoms with Crippen molar-refractivity contribution in [2.75, 3.05) is 24.7 Å². The number of ether oxygens (including phenoxy) is 1. The van der Waals surface area contributed by atoms with Gasteiger partial charge < -0.3 is 14.2 Å². The number of aromatic nitrogens is 3. The summed E-state index contributed by atoms with van der Waals surface area (Å²) in [5.74, 6) is 0. The highest BCUT2D eigenvalue weighted by molar-refractivity contribution is 7.51. The van der Waals surface area contributed by atoms with Gasteiger partial charge in [-0.15, -0.1) is 5.10 Å². The lowest BCUT2D eigenvalue weighted by Crippen LogP contribution is -2.35. The zero-order valence-electron chi connectivity index (χ0n) is 17.1. The number of cyclic esters (lactones) is 1.